The van der Waals surface area contributed by atoms with Crippen LogP contribution in [0, 0.1) is 6.07 Å². The molecule has 13 heavy (non-hydrogen) atoms. The van der Waals surface area contributed by atoms with E-state index in [2.05, 4.69) is 11.4 Å². The van der Waals surface area contributed by atoms with Gasteiger partial charge in [-0.05, 0) is 24.6 Å². The summed E-state index contributed by atoms with van der Waals surface area (Å²) >= 11 is 0. The molecule has 0 saturated heterocycles. The van der Waals surface area contributed by atoms with E-state index in [1.54, 1.807) is 24.3 Å². The summed E-state index contributed by atoms with van der Waals surface area (Å²) < 4.78 is 4.94. The molecule has 3 heteroatoms. The normalized spacial score (nSPS) is 9.31. The first kappa shape index (κ1) is 9.58. The van der Waals surface area contributed by atoms with E-state index in [-0.39, 0.29) is 0 Å². The van der Waals surface area contributed by atoms with Crippen molar-refractivity contribution in [3.8, 4) is 5.75 Å². The molecule has 1 radical (unpaired) electrons. The largest absolute Gasteiger partial charge is 0.412 e. The Morgan fingerprint density at radius 2 is 2.54 bits per heavy atom. The average molecular weight is 178 g/mol. The van der Waals surface area contributed by atoms with Crippen molar-refractivity contribution >= 4 is 6.09 Å². The highest BCUT2D eigenvalue weighted by Gasteiger charge is 2.00. The van der Waals surface area contributed by atoms with Gasteiger partial charge in [-0.2, -0.15) is 0 Å². The minimum absolute atomic E-state index is 0.415. The molecule has 0 bridgehead atoms. The van der Waals surface area contributed by atoms with Crippen LogP contribution in [0.3, 0.4) is 0 Å². The van der Waals surface area contributed by atoms with Crippen LogP contribution >= 0.6 is 0 Å². The van der Waals surface area contributed by atoms with Gasteiger partial charge in [-0.3, -0.25) is 0 Å². The van der Waals surface area contributed by atoms with Gasteiger partial charge in [0.2, 0.25) is 0 Å². The van der Waals surface area contributed by atoms with Crippen molar-refractivity contribution in [1.29, 1.82) is 0 Å². The Morgan fingerprint density at radius 3 is 3.15 bits per heavy atom. The highest BCUT2D eigenvalue weighted by Crippen LogP contribution is 2.07. The highest BCUT2D eigenvalue weighted by molar-refractivity contribution is 5.70. The van der Waals surface area contributed by atoms with Crippen molar-refractivity contribution < 1.29 is 9.53 Å². The minimum atomic E-state index is -0.415. The van der Waals surface area contributed by atoms with Crippen LogP contribution in [0.5, 0.6) is 5.75 Å². The summed E-state index contributed by atoms with van der Waals surface area (Å²) in [4.78, 5) is 11.0. The lowest BCUT2D eigenvalue weighted by Gasteiger charge is -2.04. The summed E-state index contributed by atoms with van der Waals surface area (Å²) in [7, 11) is 0. The van der Waals surface area contributed by atoms with Gasteiger partial charge in [0.15, 0.2) is 0 Å². The number of nitrogens with one attached hydrogen (secondary N) is 1. The Morgan fingerprint density at radius 1 is 1.69 bits per heavy atom. The number of carbonyl (C=O) groups excluding carboxylic acids is 1. The molecule has 0 atom stereocenters. The van der Waals surface area contributed by atoms with Crippen LogP contribution < -0.4 is 10.1 Å². The maximum atomic E-state index is 11.0. The molecule has 0 saturated carbocycles. The first-order chi connectivity index (χ1) is 6.33. The second-order valence-electron chi connectivity index (χ2n) is 2.56. The number of benzene rings is 1. The van der Waals surface area contributed by atoms with Gasteiger partial charge in [0.25, 0.3) is 0 Å². The number of carbonyl (C=O) groups is 1. The topological polar surface area (TPSA) is 38.3 Å². The van der Waals surface area contributed by atoms with Gasteiger partial charge < -0.3 is 10.1 Å². The van der Waals surface area contributed by atoms with Crippen LogP contribution in [0.1, 0.15) is 13.3 Å². The third kappa shape index (κ3) is 3.60. The lowest BCUT2D eigenvalue weighted by molar-refractivity contribution is 0.200. The lowest BCUT2D eigenvalue weighted by Crippen LogP contribution is -2.27. The molecule has 69 valence electrons. The molecule has 0 spiro atoms. The molecular weight excluding hydrogens is 166 g/mol. The second kappa shape index (κ2) is 5.19. The summed E-state index contributed by atoms with van der Waals surface area (Å²) in [6.45, 7) is 2.62. The van der Waals surface area contributed by atoms with Gasteiger partial charge in [0.1, 0.15) is 5.75 Å². The quantitative estimate of drug-likeness (QED) is 0.768. The summed E-state index contributed by atoms with van der Waals surface area (Å²) in [5.74, 6) is 0.510. The summed E-state index contributed by atoms with van der Waals surface area (Å²) in [5.41, 5.74) is 0. The fourth-order valence-electron chi connectivity index (χ4n) is 0.811. The molecule has 0 aromatic heterocycles. The first-order valence-corrected chi connectivity index (χ1v) is 4.24. The van der Waals surface area contributed by atoms with E-state index in [4.69, 9.17) is 4.74 Å². The second-order valence-corrected chi connectivity index (χ2v) is 2.56. The predicted octanol–water partition coefficient (Wildman–Crippen LogP) is 1.99. The highest BCUT2D eigenvalue weighted by atomic mass is 16.5. The van der Waals surface area contributed by atoms with Crippen LogP contribution in [-0.4, -0.2) is 12.6 Å². The zero-order chi connectivity index (χ0) is 9.52. The van der Waals surface area contributed by atoms with Gasteiger partial charge in [0, 0.05) is 6.54 Å². The zero-order valence-electron chi connectivity index (χ0n) is 7.54. The van der Waals surface area contributed by atoms with E-state index >= 15 is 0 Å². The maximum absolute atomic E-state index is 11.0. The summed E-state index contributed by atoms with van der Waals surface area (Å²) in [5, 5.41) is 2.61. The van der Waals surface area contributed by atoms with Crippen LogP contribution in [0.2, 0.25) is 0 Å². The van der Waals surface area contributed by atoms with E-state index in [1.165, 1.54) is 0 Å². The van der Waals surface area contributed by atoms with E-state index in [0.29, 0.717) is 12.3 Å². The fraction of sp³-hybridized carbons (Fsp3) is 0.300. The number of amides is 1. The Labute approximate surface area is 77.7 Å². The predicted molar refractivity (Wildman–Crippen MR) is 49.6 cm³/mol. The van der Waals surface area contributed by atoms with E-state index in [1.807, 2.05) is 6.92 Å². The Balaban J connectivity index is 2.37. The molecule has 1 N–H and O–H groups in total. The van der Waals surface area contributed by atoms with Crippen molar-refractivity contribution in [2.45, 2.75) is 13.3 Å². The number of rotatable bonds is 3. The molecule has 0 aliphatic heterocycles. The van der Waals surface area contributed by atoms with Gasteiger partial charge >= 0.3 is 6.09 Å². The molecule has 1 aromatic rings. The number of hydrogen-bond acceptors (Lipinski definition) is 2. The minimum Gasteiger partial charge on any atom is -0.410 e. The number of hydrogen-bond donors (Lipinski definition) is 1. The monoisotopic (exact) mass is 178 g/mol. The molecular formula is C10H12NO2. The maximum Gasteiger partial charge on any atom is 0.412 e. The Kier molecular flexibility index (Phi) is 3.82. The van der Waals surface area contributed by atoms with Crippen LogP contribution in [0.25, 0.3) is 0 Å². The van der Waals surface area contributed by atoms with Crippen LogP contribution in [0.15, 0.2) is 24.3 Å². The molecule has 1 amide bonds. The molecule has 0 aliphatic rings. The number of ether oxygens (including phenoxy) is 1. The van der Waals surface area contributed by atoms with Crippen molar-refractivity contribution in [3.63, 3.8) is 0 Å². The van der Waals surface area contributed by atoms with E-state index < -0.39 is 6.09 Å². The average Bonchev–Trinajstić information content (AvgIpc) is 2.16. The Hall–Kier alpha value is -1.51. The lowest BCUT2D eigenvalue weighted by atomic mass is 10.3. The summed E-state index contributed by atoms with van der Waals surface area (Å²) in [6, 6.07) is 9.66. The summed E-state index contributed by atoms with van der Waals surface area (Å²) in [6.07, 6.45) is 0.484. The van der Waals surface area contributed by atoms with Crippen molar-refractivity contribution in [2.75, 3.05) is 6.54 Å². The third-order valence-electron chi connectivity index (χ3n) is 1.41. The zero-order valence-corrected chi connectivity index (χ0v) is 7.54. The SMILES string of the molecule is CCCNC(=O)Oc1c[c]ccc1. The van der Waals surface area contributed by atoms with Gasteiger partial charge in [0.05, 0.1) is 0 Å². The van der Waals surface area contributed by atoms with E-state index in [9.17, 15) is 4.79 Å². The molecule has 1 aromatic carbocycles. The molecule has 0 heterocycles. The van der Waals surface area contributed by atoms with Gasteiger partial charge in [-0.25, -0.2) is 4.79 Å². The standard InChI is InChI=1S/C10H12NO2/c1-2-8-11-10(12)13-9-6-4-3-5-7-9/h3-4,6-7H,2,8H2,1H3,(H,11,12). The molecule has 1 rings (SSSR count). The smallest absolute Gasteiger partial charge is 0.410 e. The molecule has 3 nitrogen and oxygen atoms in total. The Bertz CT molecular complexity index is 259. The fourth-order valence-corrected chi connectivity index (χ4v) is 0.811. The van der Waals surface area contributed by atoms with Crippen molar-refractivity contribution in [2.24, 2.45) is 0 Å². The first-order valence-electron chi connectivity index (χ1n) is 4.24. The molecule has 0 unspecified atom stereocenters. The van der Waals surface area contributed by atoms with Gasteiger partial charge in [-0.1, -0.05) is 19.1 Å². The van der Waals surface area contributed by atoms with Crippen LogP contribution in [0.4, 0.5) is 4.79 Å². The van der Waals surface area contributed by atoms with E-state index in [0.717, 1.165) is 6.42 Å². The third-order valence-corrected chi connectivity index (χ3v) is 1.41. The van der Waals surface area contributed by atoms with Crippen molar-refractivity contribution in [3.05, 3.63) is 30.3 Å². The molecule has 0 aliphatic carbocycles. The van der Waals surface area contributed by atoms with Crippen molar-refractivity contribution in [1.82, 2.24) is 5.32 Å². The van der Waals surface area contributed by atoms with Crippen LogP contribution in [-0.2, 0) is 0 Å². The molecule has 0 fully saturated rings. The van der Waals surface area contributed by atoms with Gasteiger partial charge in [-0.15, -0.1) is 0 Å².